The molecule has 0 spiro atoms. The maximum absolute atomic E-state index is 14.0. The molecule has 0 atom stereocenters. The van der Waals surface area contributed by atoms with Crippen LogP contribution >= 0.6 is 0 Å². The SMILES string of the molecule is CCc1cc(F)ccc1N(CCc1ccc(OC)nc1C)c1cc(C(F)(F)F)ncc1C(C)=O. The highest BCUT2D eigenvalue weighted by Crippen LogP contribution is 2.36. The van der Waals surface area contributed by atoms with Gasteiger partial charge in [-0.3, -0.25) is 9.78 Å². The van der Waals surface area contributed by atoms with E-state index in [0.29, 0.717) is 35.7 Å². The molecule has 0 aliphatic rings. The van der Waals surface area contributed by atoms with E-state index in [9.17, 15) is 22.4 Å². The summed E-state index contributed by atoms with van der Waals surface area (Å²) in [5.41, 5.74) is 1.69. The van der Waals surface area contributed by atoms with Crippen molar-refractivity contribution in [1.29, 1.82) is 0 Å². The van der Waals surface area contributed by atoms with Gasteiger partial charge in [0.25, 0.3) is 0 Å². The zero-order valence-corrected chi connectivity index (χ0v) is 19.3. The van der Waals surface area contributed by atoms with E-state index in [-0.39, 0.29) is 17.8 Å². The van der Waals surface area contributed by atoms with Gasteiger partial charge in [-0.25, -0.2) is 9.37 Å². The van der Waals surface area contributed by atoms with Crippen LogP contribution in [0.5, 0.6) is 5.88 Å². The van der Waals surface area contributed by atoms with Gasteiger partial charge in [-0.15, -0.1) is 0 Å². The molecule has 0 bridgehead atoms. The average molecular weight is 475 g/mol. The topological polar surface area (TPSA) is 55.3 Å². The van der Waals surface area contributed by atoms with Crippen molar-refractivity contribution < 1.29 is 27.1 Å². The Morgan fingerprint density at radius 1 is 1.09 bits per heavy atom. The van der Waals surface area contributed by atoms with E-state index in [4.69, 9.17) is 4.74 Å². The molecule has 2 heterocycles. The van der Waals surface area contributed by atoms with Gasteiger partial charge in [-0.1, -0.05) is 13.0 Å². The lowest BCUT2D eigenvalue weighted by atomic mass is 10.0. The number of ether oxygens (including phenoxy) is 1. The third kappa shape index (κ3) is 5.52. The van der Waals surface area contributed by atoms with Gasteiger partial charge >= 0.3 is 6.18 Å². The Balaban J connectivity index is 2.15. The number of ketones is 1. The fourth-order valence-electron chi connectivity index (χ4n) is 3.74. The molecule has 1 aromatic carbocycles. The van der Waals surface area contributed by atoms with Gasteiger partial charge in [0, 0.05) is 30.2 Å². The summed E-state index contributed by atoms with van der Waals surface area (Å²) in [5.74, 6) is -0.426. The summed E-state index contributed by atoms with van der Waals surface area (Å²) < 4.78 is 59.6. The number of aryl methyl sites for hydroxylation is 2. The fourth-order valence-corrected chi connectivity index (χ4v) is 3.74. The van der Waals surface area contributed by atoms with Crippen molar-refractivity contribution in [1.82, 2.24) is 9.97 Å². The van der Waals surface area contributed by atoms with Gasteiger partial charge in [0.05, 0.1) is 18.4 Å². The number of halogens is 4. The first kappa shape index (κ1) is 25.1. The summed E-state index contributed by atoms with van der Waals surface area (Å²) in [7, 11) is 1.51. The van der Waals surface area contributed by atoms with Crippen LogP contribution < -0.4 is 9.64 Å². The molecule has 2 aromatic heterocycles. The summed E-state index contributed by atoms with van der Waals surface area (Å²) >= 11 is 0. The molecule has 34 heavy (non-hydrogen) atoms. The second-order valence-corrected chi connectivity index (χ2v) is 7.77. The van der Waals surface area contributed by atoms with Crippen molar-refractivity contribution in [2.75, 3.05) is 18.6 Å². The van der Waals surface area contributed by atoms with Crippen molar-refractivity contribution in [3.05, 3.63) is 76.5 Å². The van der Waals surface area contributed by atoms with Crippen molar-refractivity contribution in [2.24, 2.45) is 0 Å². The Morgan fingerprint density at radius 3 is 2.41 bits per heavy atom. The fraction of sp³-hybridized carbons (Fsp3) is 0.320. The molecule has 180 valence electrons. The van der Waals surface area contributed by atoms with E-state index >= 15 is 0 Å². The second-order valence-electron chi connectivity index (χ2n) is 7.77. The van der Waals surface area contributed by atoms with E-state index in [1.807, 2.05) is 19.9 Å². The van der Waals surface area contributed by atoms with Gasteiger partial charge in [-0.2, -0.15) is 13.2 Å². The van der Waals surface area contributed by atoms with Crippen molar-refractivity contribution in [3.63, 3.8) is 0 Å². The first-order chi connectivity index (χ1) is 16.0. The monoisotopic (exact) mass is 475 g/mol. The van der Waals surface area contributed by atoms with Gasteiger partial charge in [-0.05, 0) is 62.1 Å². The quantitative estimate of drug-likeness (QED) is 0.291. The van der Waals surface area contributed by atoms with Crippen molar-refractivity contribution >= 4 is 17.2 Å². The Labute approximate surface area is 195 Å². The van der Waals surface area contributed by atoms with Crippen LogP contribution in [0, 0.1) is 12.7 Å². The Hall–Kier alpha value is -3.49. The Morgan fingerprint density at radius 2 is 1.82 bits per heavy atom. The van der Waals surface area contributed by atoms with E-state index in [2.05, 4.69) is 9.97 Å². The maximum atomic E-state index is 14.0. The van der Waals surface area contributed by atoms with Crippen LogP contribution in [0.1, 0.15) is 46.7 Å². The third-order valence-corrected chi connectivity index (χ3v) is 5.54. The lowest BCUT2D eigenvalue weighted by Gasteiger charge is -2.29. The number of rotatable bonds is 8. The normalized spacial score (nSPS) is 11.4. The number of carbonyl (C=O) groups excluding carboxylic acids is 1. The number of carbonyl (C=O) groups is 1. The van der Waals surface area contributed by atoms with Gasteiger partial charge in [0.1, 0.15) is 11.5 Å². The van der Waals surface area contributed by atoms with Crippen LogP contribution in [-0.2, 0) is 19.0 Å². The molecule has 9 heteroatoms. The zero-order valence-electron chi connectivity index (χ0n) is 19.3. The molecule has 5 nitrogen and oxygen atoms in total. The minimum atomic E-state index is -4.69. The predicted octanol–water partition coefficient (Wildman–Crippen LogP) is 6.10. The number of pyridine rings is 2. The molecule has 0 aliphatic heterocycles. The van der Waals surface area contributed by atoms with Crippen LogP contribution in [0.15, 0.2) is 42.6 Å². The molecular formula is C25H25F4N3O2. The molecule has 0 fully saturated rings. The summed E-state index contributed by atoms with van der Waals surface area (Å²) in [4.78, 5) is 21.8. The van der Waals surface area contributed by atoms with E-state index in [1.165, 1.54) is 32.2 Å². The minimum Gasteiger partial charge on any atom is -0.481 e. The first-order valence-electron chi connectivity index (χ1n) is 10.7. The number of alkyl halides is 3. The molecule has 3 rings (SSSR count). The average Bonchev–Trinajstić information content (AvgIpc) is 2.79. The molecule has 0 saturated carbocycles. The number of anilines is 2. The smallest absolute Gasteiger partial charge is 0.433 e. The standard InChI is InChI=1S/C25H25F4N3O2/c1-5-17-12-19(26)7-8-21(17)32(11-10-18-6-9-24(34-4)31-15(18)2)22-13-23(25(27,28)29)30-14-20(22)16(3)33/h6-9,12-14H,5,10-11H2,1-4H3. The van der Waals surface area contributed by atoms with Gasteiger partial charge < -0.3 is 9.64 Å². The first-order valence-corrected chi connectivity index (χ1v) is 10.7. The minimum absolute atomic E-state index is 0.0453. The summed E-state index contributed by atoms with van der Waals surface area (Å²) in [6.07, 6.45) is -2.89. The molecule has 0 amide bonds. The Bertz CT molecular complexity index is 1200. The van der Waals surface area contributed by atoms with Crippen molar-refractivity contribution in [3.8, 4) is 5.88 Å². The number of benzene rings is 1. The van der Waals surface area contributed by atoms with Gasteiger partial charge in [0.15, 0.2) is 5.78 Å². The van der Waals surface area contributed by atoms with Crippen LogP contribution in [0.2, 0.25) is 0 Å². The number of methoxy groups -OCH3 is 1. The summed E-state index contributed by atoms with van der Waals surface area (Å²) in [5, 5.41) is 0. The molecule has 0 radical (unpaired) electrons. The summed E-state index contributed by atoms with van der Waals surface area (Å²) in [6, 6.07) is 8.54. The number of hydrogen-bond donors (Lipinski definition) is 0. The second kappa shape index (κ2) is 10.2. The highest BCUT2D eigenvalue weighted by molar-refractivity contribution is 6.00. The van der Waals surface area contributed by atoms with E-state index in [1.54, 1.807) is 11.0 Å². The van der Waals surface area contributed by atoms with Crippen LogP contribution in [0.3, 0.4) is 0 Å². The third-order valence-electron chi connectivity index (χ3n) is 5.54. The highest BCUT2D eigenvalue weighted by atomic mass is 19.4. The van der Waals surface area contributed by atoms with Crippen LogP contribution in [0.25, 0.3) is 0 Å². The van der Waals surface area contributed by atoms with E-state index < -0.39 is 23.5 Å². The molecule has 0 aliphatic carbocycles. The number of aromatic nitrogens is 2. The van der Waals surface area contributed by atoms with Crippen LogP contribution in [0.4, 0.5) is 28.9 Å². The number of hydrogen-bond acceptors (Lipinski definition) is 5. The molecular weight excluding hydrogens is 450 g/mol. The maximum Gasteiger partial charge on any atom is 0.433 e. The largest absolute Gasteiger partial charge is 0.481 e. The van der Waals surface area contributed by atoms with E-state index in [0.717, 1.165) is 17.8 Å². The Kier molecular flexibility index (Phi) is 7.54. The van der Waals surface area contributed by atoms with Gasteiger partial charge in [0.2, 0.25) is 5.88 Å². The van der Waals surface area contributed by atoms with Crippen molar-refractivity contribution in [2.45, 2.75) is 39.8 Å². The lowest BCUT2D eigenvalue weighted by molar-refractivity contribution is -0.141. The highest BCUT2D eigenvalue weighted by Gasteiger charge is 2.34. The molecule has 0 unspecified atom stereocenters. The lowest BCUT2D eigenvalue weighted by Crippen LogP contribution is -2.25. The zero-order chi connectivity index (χ0) is 25.0. The molecule has 0 saturated heterocycles. The molecule has 3 aromatic rings. The molecule has 0 N–H and O–H groups in total. The number of nitrogens with zero attached hydrogens (tertiary/aromatic N) is 3. The summed E-state index contributed by atoms with van der Waals surface area (Å²) in [6.45, 7) is 5.13. The number of Topliss-reactive ketones (excluding diaryl/α,β-unsaturated/α-hetero) is 1. The predicted molar refractivity (Wildman–Crippen MR) is 121 cm³/mol. The van der Waals surface area contributed by atoms with Crippen LogP contribution in [-0.4, -0.2) is 29.4 Å².